The Morgan fingerprint density at radius 2 is 1.95 bits per heavy atom. The van der Waals surface area contributed by atoms with Gasteiger partial charge in [-0.3, -0.25) is 4.79 Å². The van der Waals surface area contributed by atoms with Crippen LogP contribution in [0.3, 0.4) is 0 Å². The summed E-state index contributed by atoms with van der Waals surface area (Å²) in [6, 6.07) is 1.42. The van der Waals surface area contributed by atoms with Gasteiger partial charge in [0, 0.05) is 25.8 Å². The first-order chi connectivity index (χ1) is 10.1. The lowest BCUT2D eigenvalue weighted by molar-refractivity contribution is -0.121. The Bertz CT molecular complexity index is 453. The van der Waals surface area contributed by atoms with Gasteiger partial charge < -0.3 is 20.7 Å². The first kappa shape index (κ1) is 17.2. The highest BCUT2D eigenvalue weighted by Gasteiger charge is 2.13. The molecule has 0 fully saturated rings. The smallest absolute Gasteiger partial charge is 0.242 e. The Labute approximate surface area is 125 Å². The molecule has 0 aliphatic carbocycles. The summed E-state index contributed by atoms with van der Waals surface area (Å²) in [6.07, 6.45) is 0. The molecule has 1 amide bonds. The first-order valence-electron chi connectivity index (χ1n) is 7.34. The molecule has 0 bridgehead atoms. The van der Waals surface area contributed by atoms with Crippen LogP contribution in [0.15, 0.2) is 6.07 Å². The zero-order valence-corrected chi connectivity index (χ0v) is 13.2. The minimum atomic E-state index is -0.366. The summed E-state index contributed by atoms with van der Waals surface area (Å²) in [6.45, 7) is 9.91. The second-order valence-corrected chi connectivity index (χ2v) is 4.48. The zero-order valence-electron chi connectivity index (χ0n) is 13.2. The van der Waals surface area contributed by atoms with Crippen molar-refractivity contribution in [2.24, 2.45) is 0 Å². The minimum absolute atomic E-state index is 0.0625. The molecule has 0 radical (unpaired) electrons. The van der Waals surface area contributed by atoms with Gasteiger partial charge in [0.15, 0.2) is 5.82 Å². The number of aromatic nitrogens is 2. The van der Waals surface area contributed by atoms with E-state index < -0.39 is 0 Å². The molecule has 21 heavy (non-hydrogen) atoms. The number of anilines is 2. The molecule has 0 aliphatic rings. The van der Waals surface area contributed by atoms with E-state index in [0.717, 1.165) is 6.54 Å². The Kier molecular flexibility index (Phi) is 7.45. The van der Waals surface area contributed by atoms with Crippen molar-refractivity contribution in [1.82, 2.24) is 15.3 Å². The third kappa shape index (κ3) is 5.95. The van der Waals surface area contributed by atoms with Crippen molar-refractivity contribution in [3.05, 3.63) is 11.9 Å². The molecule has 0 spiro atoms. The molecule has 118 valence electrons. The van der Waals surface area contributed by atoms with Crippen molar-refractivity contribution in [1.29, 1.82) is 0 Å². The van der Waals surface area contributed by atoms with Crippen LogP contribution in [0.25, 0.3) is 0 Å². The number of carbonyl (C=O) groups excluding carboxylic acids is 1. The average Bonchev–Trinajstić information content (AvgIpc) is 2.45. The predicted octanol–water partition coefficient (Wildman–Crippen LogP) is 1.38. The number of carbonyl (C=O) groups is 1. The van der Waals surface area contributed by atoms with Crippen LogP contribution in [0.1, 0.15) is 33.5 Å². The van der Waals surface area contributed by atoms with Crippen LogP contribution < -0.4 is 16.0 Å². The predicted molar refractivity (Wildman–Crippen MR) is 83.3 cm³/mol. The second-order valence-electron chi connectivity index (χ2n) is 4.48. The Balaban J connectivity index is 2.83. The average molecular weight is 295 g/mol. The quantitative estimate of drug-likeness (QED) is 0.638. The summed E-state index contributed by atoms with van der Waals surface area (Å²) in [5.74, 6) is 1.84. The molecule has 1 aromatic rings. The third-order valence-corrected chi connectivity index (χ3v) is 2.67. The van der Waals surface area contributed by atoms with Crippen molar-refractivity contribution in [2.45, 2.75) is 40.3 Å². The number of likely N-dealkylation sites (N-methyl/N-ethyl adjacent to an activating group) is 1. The number of nitrogens with one attached hydrogen (secondary N) is 3. The van der Waals surface area contributed by atoms with Crippen LogP contribution in [0.2, 0.25) is 0 Å². The monoisotopic (exact) mass is 295 g/mol. The van der Waals surface area contributed by atoms with E-state index >= 15 is 0 Å². The van der Waals surface area contributed by atoms with E-state index in [-0.39, 0.29) is 11.9 Å². The van der Waals surface area contributed by atoms with E-state index in [9.17, 15) is 4.79 Å². The Morgan fingerprint density at radius 3 is 2.57 bits per heavy atom. The van der Waals surface area contributed by atoms with E-state index in [1.807, 2.05) is 20.8 Å². The summed E-state index contributed by atoms with van der Waals surface area (Å²) < 4.78 is 5.34. The number of ether oxygens (including phenoxy) is 1. The Morgan fingerprint density at radius 1 is 1.24 bits per heavy atom. The SMILES string of the molecule is CCNC(=O)C(C)Nc1cc(NCC)nc(COCC)n1. The van der Waals surface area contributed by atoms with Gasteiger partial charge in [-0.25, -0.2) is 9.97 Å². The summed E-state index contributed by atoms with van der Waals surface area (Å²) in [5, 5.41) is 9.00. The number of rotatable bonds is 9. The molecule has 0 aliphatic heterocycles. The third-order valence-electron chi connectivity index (χ3n) is 2.67. The lowest BCUT2D eigenvalue weighted by Gasteiger charge is -2.15. The van der Waals surface area contributed by atoms with Gasteiger partial charge in [-0.1, -0.05) is 0 Å². The fraction of sp³-hybridized carbons (Fsp3) is 0.643. The van der Waals surface area contributed by atoms with Crippen molar-refractivity contribution in [3.63, 3.8) is 0 Å². The normalized spacial score (nSPS) is 11.8. The zero-order chi connectivity index (χ0) is 15.7. The molecule has 0 saturated heterocycles. The fourth-order valence-corrected chi connectivity index (χ4v) is 1.72. The van der Waals surface area contributed by atoms with Gasteiger partial charge in [-0.05, 0) is 27.7 Å². The molecule has 1 heterocycles. The molecular formula is C14H25N5O2. The summed E-state index contributed by atoms with van der Waals surface area (Å²) in [4.78, 5) is 20.5. The largest absolute Gasteiger partial charge is 0.374 e. The van der Waals surface area contributed by atoms with E-state index in [1.54, 1.807) is 13.0 Å². The lowest BCUT2D eigenvalue weighted by atomic mass is 10.3. The van der Waals surface area contributed by atoms with Gasteiger partial charge in [0.05, 0.1) is 0 Å². The van der Waals surface area contributed by atoms with Gasteiger partial charge in [0.1, 0.15) is 24.3 Å². The van der Waals surface area contributed by atoms with Gasteiger partial charge in [-0.15, -0.1) is 0 Å². The summed E-state index contributed by atoms with van der Waals surface area (Å²) in [5.41, 5.74) is 0. The molecule has 7 nitrogen and oxygen atoms in total. The van der Waals surface area contributed by atoms with Gasteiger partial charge in [0.2, 0.25) is 5.91 Å². The van der Waals surface area contributed by atoms with Crippen LogP contribution >= 0.6 is 0 Å². The molecule has 0 saturated carbocycles. The van der Waals surface area contributed by atoms with Gasteiger partial charge in [-0.2, -0.15) is 0 Å². The summed E-state index contributed by atoms with van der Waals surface area (Å²) >= 11 is 0. The van der Waals surface area contributed by atoms with Gasteiger partial charge in [0.25, 0.3) is 0 Å². The van der Waals surface area contributed by atoms with Crippen molar-refractivity contribution in [2.75, 3.05) is 30.3 Å². The molecule has 7 heteroatoms. The van der Waals surface area contributed by atoms with Crippen LogP contribution in [-0.2, 0) is 16.1 Å². The van der Waals surface area contributed by atoms with E-state index in [2.05, 4.69) is 25.9 Å². The Hall–Kier alpha value is -1.89. The molecule has 1 rings (SSSR count). The number of hydrogen-bond acceptors (Lipinski definition) is 6. The lowest BCUT2D eigenvalue weighted by Crippen LogP contribution is -2.37. The maximum Gasteiger partial charge on any atom is 0.242 e. The highest BCUT2D eigenvalue weighted by molar-refractivity contribution is 5.83. The fourth-order valence-electron chi connectivity index (χ4n) is 1.72. The van der Waals surface area contributed by atoms with E-state index in [1.165, 1.54) is 0 Å². The number of amides is 1. The number of hydrogen-bond donors (Lipinski definition) is 3. The highest BCUT2D eigenvalue weighted by Crippen LogP contribution is 2.13. The second kappa shape index (κ2) is 9.12. The molecule has 3 N–H and O–H groups in total. The molecule has 1 atom stereocenters. The highest BCUT2D eigenvalue weighted by atomic mass is 16.5. The molecular weight excluding hydrogens is 270 g/mol. The van der Waals surface area contributed by atoms with Crippen molar-refractivity contribution >= 4 is 17.5 Å². The maximum atomic E-state index is 11.8. The van der Waals surface area contributed by atoms with Crippen molar-refractivity contribution in [3.8, 4) is 0 Å². The van der Waals surface area contributed by atoms with Gasteiger partial charge >= 0.3 is 0 Å². The van der Waals surface area contributed by atoms with Crippen molar-refractivity contribution < 1.29 is 9.53 Å². The first-order valence-corrected chi connectivity index (χ1v) is 7.34. The maximum absolute atomic E-state index is 11.8. The van der Waals surface area contributed by atoms with Crippen LogP contribution in [0.5, 0.6) is 0 Å². The van der Waals surface area contributed by atoms with E-state index in [0.29, 0.717) is 37.2 Å². The topological polar surface area (TPSA) is 88.2 Å². The minimum Gasteiger partial charge on any atom is -0.374 e. The van der Waals surface area contributed by atoms with Crippen LogP contribution in [0.4, 0.5) is 11.6 Å². The molecule has 1 aromatic heterocycles. The van der Waals surface area contributed by atoms with E-state index in [4.69, 9.17) is 4.74 Å². The van der Waals surface area contributed by atoms with Crippen LogP contribution in [0, 0.1) is 0 Å². The molecule has 1 unspecified atom stereocenters. The van der Waals surface area contributed by atoms with Crippen LogP contribution in [-0.4, -0.2) is 41.6 Å². The molecule has 0 aromatic carbocycles. The number of nitrogens with zero attached hydrogens (tertiary/aromatic N) is 2. The standard InChI is InChI=1S/C14H25N5O2/c1-5-15-11-8-12(17-10(4)14(20)16-6-2)19-13(18-11)9-21-7-3/h8,10H,5-7,9H2,1-4H3,(H,16,20)(H2,15,17,18,19). The summed E-state index contributed by atoms with van der Waals surface area (Å²) in [7, 11) is 0.